The van der Waals surface area contributed by atoms with Gasteiger partial charge in [0, 0.05) is 15.0 Å². The van der Waals surface area contributed by atoms with Gasteiger partial charge in [-0.1, -0.05) is 49.5 Å². The van der Waals surface area contributed by atoms with E-state index in [1.807, 2.05) is 18.2 Å². The fourth-order valence-electron chi connectivity index (χ4n) is 3.26. The first-order chi connectivity index (χ1) is 9.79. The fourth-order valence-corrected chi connectivity index (χ4v) is 4.05. The molecule has 1 saturated carbocycles. The van der Waals surface area contributed by atoms with Crippen molar-refractivity contribution >= 4 is 37.8 Å². The van der Waals surface area contributed by atoms with Crippen LogP contribution in [0.3, 0.4) is 0 Å². The molecule has 0 aromatic heterocycles. The maximum Gasteiger partial charge on any atom is 0.252 e. The Morgan fingerprint density at radius 3 is 2.52 bits per heavy atom. The number of carbonyl (C=O) groups is 1. The molecule has 0 radical (unpaired) electrons. The lowest BCUT2D eigenvalue weighted by atomic mass is 9.69. The molecular formula is C17H23Br2NO. The Morgan fingerprint density at radius 1 is 1.19 bits per heavy atom. The number of hydrogen-bond donors (Lipinski definition) is 1. The lowest BCUT2D eigenvalue weighted by molar-refractivity contribution is 0.0829. The third kappa shape index (κ3) is 4.32. The summed E-state index contributed by atoms with van der Waals surface area (Å²) >= 11 is 6.90. The summed E-state index contributed by atoms with van der Waals surface area (Å²) in [6, 6.07) is 5.98. The average molecular weight is 417 g/mol. The number of halogens is 2. The van der Waals surface area contributed by atoms with Crippen molar-refractivity contribution in [1.29, 1.82) is 0 Å². The van der Waals surface area contributed by atoms with E-state index in [-0.39, 0.29) is 17.4 Å². The summed E-state index contributed by atoms with van der Waals surface area (Å²) in [5.41, 5.74) is 0.926. The van der Waals surface area contributed by atoms with Crippen LogP contribution in [0.15, 0.2) is 27.1 Å². The van der Waals surface area contributed by atoms with E-state index < -0.39 is 0 Å². The Balaban J connectivity index is 2.15. The van der Waals surface area contributed by atoms with Crippen molar-refractivity contribution in [1.82, 2.24) is 5.32 Å². The lowest BCUT2D eigenvalue weighted by Crippen LogP contribution is -2.46. The second-order valence-electron chi connectivity index (χ2n) is 6.96. The van der Waals surface area contributed by atoms with Gasteiger partial charge in [-0.3, -0.25) is 4.79 Å². The topological polar surface area (TPSA) is 29.1 Å². The molecule has 1 aromatic carbocycles. The van der Waals surface area contributed by atoms with Crippen LogP contribution >= 0.6 is 31.9 Å². The summed E-state index contributed by atoms with van der Waals surface area (Å²) in [6.45, 7) is 6.82. The van der Waals surface area contributed by atoms with Crippen LogP contribution in [0.1, 0.15) is 56.8 Å². The molecule has 2 unspecified atom stereocenters. The number of benzene rings is 1. The molecule has 1 fully saturated rings. The van der Waals surface area contributed by atoms with Crippen LogP contribution in [0, 0.1) is 11.3 Å². The van der Waals surface area contributed by atoms with E-state index >= 15 is 0 Å². The zero-order chi connectivity index (χ0) is 15.6. The van der Waals surface area contributed by atoms with Crippen molar-refractivity contribution in [2.45, 2.75) is 52.5 Å². The van der Waals surface area contributed by atoms with Crippen LogP contribution in [0.4, 0.5) is 0 Å². The number of carbonyl (C=O) groups excluding carboxylic acids is 1. The summed E-state index contributed by atoms with van der Waals surface area (Å²) in [7, 11) is 0. The highest BCUT2D eigenvalue weighted by atomic mass is 79.9. The van der Waals surface area contributed by atoms with E-state index in [0.717, 1.165) is 15.4 Å². The Labute approximate surface area is 144 Å². The highest BCUT2D eigenvalue weighted by molar-refractivity contribution is 9.11. The Kier molecular flexibility index (Phi) is 5.53. The minimum Gasteiger partial charge on any atom is -0.349 e. The van der Waals surface area contributed by atoms with Gasteiger partial charge in [-0.05, 0) is 58.3 Å². The molecule has 0 spiro atoms. The molecule has 0 bridgehead atoms. The van der Waals surface area contributed by atoms with Gasteiger partial charge in [0.15, 0.2) is 0 Å². The summed E-state index contributed by atoms with van der Waals surface area (Å²) in [5, 5.41) is 3.27. The first-order valence-electron chi connectivity index (χ1n) is 7.55. The van der Waals surface area contributed by atoms with Crippen molar-refractivity contribution in [3.63, 3.8) is 0 Å². The van der Waals surface area contributed by atoms with Crippen molar-refractivity contribution in [2.24, 2.45) is 11.3 Å². The van der Waals surface area contributed by atoms with Gasteiger partial charge in [0.05, 0.1) is 5.56 Å². The van der Waals surface area contributed by atoms with Crippen LogP contribution in [-0.4, -0.2) is 11.9 Å². The summed E-state index contributed by atoms with van der Waals surface area (Å²) in [6.07, 6.45) is 4.76. The minimum atomic E-state index is 0.0179. The summed E-state index contributed by atoms with van der Waals surface area (Å²) < 4.78 is 1.76. The first-order valence-corrected chi connectivity index (χ1v) is 9.13. The van der Waals surface area contributed by atoms with Gasteiger partial charge in [0.25, 0.3) is 5.91 Å². The molecule has 4 heteroatoms. The van der Waals surface area contributed by atoms with E-state index in [0.29, 0.717) is 11.5 Å². The van der Waals surface area contributed by atoms with Gasteiger partial charge < -0.3 is 5.32 Å². The van der Waals surface area contributed by atoms with Crippen LogP contribution in [0.2, 0.25) is 0 Å². The molecule has 1 aliphatic rings. The molecule has 0 heterocycles. The molecule has 21 heavy (non-hydrogen) atoms. The molecule has 1 amide bonds. The maximum atomic E-state index is 12.6. The van der Waals surface area contributed by atoms with Crippen molar-refractivity contribution in [3.05, 3.63) is 32.7 Å². The van der Waals surface area contributed by atoms with Crippen molar-refractivity contribution < 1.29 is 4.79 Å². The fraction of sp³-hybridized carbons (Fsp3) is 0.588. The largest absolute Gasteiger partial charge is 0.349 e. The summed E-state index contributed by atoms with van der Waals surface area (Å²) in [4.78, 5) is 12.6. The molecule has 2 atom stereocenters. The normalized spacial score (nSPS) is 22.9. The van der Waals surface area contributed by atoms with Crippen molar-refractivity contribution in [3.8, 4) is 0 Å². The lowest BCUT2D eigenvalue weighted by Gasteiger charge is -2.40. The standard InChI is InChI=1S/C17H23Br2NO/c1-17(2,3)13-6-4-5-7-15(13)20-16(21)12-10-11(18)8-9-14(12)19/h8-10,13,15H,4-7H2,1-3H3,(H,20,21). The molecule has 2 rings (SSSR count). The zero-order valence-corrected chi connectivity index (χ0v) is 16.1. The van der Waals surface area contributed by atoms with Gasteiger partial charge in [0.2, 0.25) is 0 Å². The molecule has 1 aliphatic carbocycles. The molecule has 0 aliphatic heterocycles. The van der Waals surface area contributed by atoms with Crippen LogP contribution < -0.4 is 5.32 Å². The van der Waals surface area contributed by atoms with E-state index in [4.69, 9.17) is 0 Å². The van der Waals surface area contributed by atoms with Gasteiger partial charge >= 0.3 is 0 Å². The van der Waals surface area contributed by atoms with E-state index in [1.54, 1.807) is 0 Å². The van der Waals surface area contributed by atoms with Gasteiger partial charge in [0.1, 0.15) is 0 Å². The third-order valence-electron chi connectivity index (χ3n) is 4.37. The van der Waals surface area contributed by atoms with E-state index in [2.05, 4.69) is 57.9 Å². The molecular weight excluding hydrogens is 394 g/mol. The molecule has 1 N–H and O–H groups in total. The number of rotatable bonds is 2. The summed E-state index contributed by atoms with van der Waals surface area (Å²) in [5.74, 6) is 0.561. The number of amides is 1. The predicted octanol–water partition coefficient (Wildman–Crippen LogP) is 5.55. The Hall–Kier alpha value is -0.350. The third-order valence-corrected chi connectivity index (χ3v) is 5.55. The maximum absolute atomic E-state index is 12.6. The van der Waals surface area contributed by atoms with Gasteiger partial charge in [-0.2, -0.15) is 0 Å². The Bertz CT molecular complexity index is 522. The number of hydrogen-bond acceptors (Lipinski definition) is 1. The van der Waals surface area contributed by atoms with E-state index in [1.165, 1.54) is 19.3 Å². The van der Waals surface area contributed by atoms with Crippen LogP contribution in [0.5, 0.6) is 0 Å². The monoisotopic (exact) mass is 415 g/mol. The molecule has 0 saturated heterocycles. The minimum absolute atomic E-state index is 0.0179. The van der Waals surface area contributed by atoms with Gasteiger partial charge in [-0.15, -0.1) is 0 Å². The highest BCUT2D eigenvalue weighted by Crippen LogP contribution is 2.38. The Morgan fingerprint density at radius 2 is 1.86 bits per heavy atom. The zero-order valence-electron chi connectivity index (χ0n) is 12.9. The van der Waals surface area contributed by atoms with Gasteiger partial charge in [-0.25, -0.2) is 0 Å². The van der Waals surface area contributed by atoms with Crippen LogP contribution in [-0.2, 0) is 0 Å². The first kappa shape index (κ1) is 17.0. The van der Waals surface area contributed by atoms with E-state index in [9.17, 15) is 4.79 Å². The SMILES string of the molecule is CC(C)(C)C1CCCCC1NC(=O)c1cc(Br)ccc1Br. The highest BCUT2D eigenvalue weighted by Gasteiger charge is 2.35. The average Bonchev–Trinajstić information content (AvgIpc) is 2.41. The second kappa shape index (κ2) is 6.82. The van der Waals surface area contributed by atoms with Crippen LogP contribution in [0.25, 0.3) is 0 Å². The quantitative estimate of drug-likeness (QED) is 0.672. The van der Waals surface area contributed by atoms with Crippen molar-refractivity contribution in [2.75, 3.05) is 0 Å². The molecule has 1 aromatic rings. The molecule has 116 valence electrons. The number of nitrogens with one attached hydrogen (secondary N) is 1. The molecule has 2 nitrogen and oxygen atoms in total. The predicted molar refractivity (Wildman–Crippen MR) is 94.5 cm³/mol. The second-order valence-corrected chi connectivity index (χ2v) is 8.73. The smallest absolute Gasteiger partial charge is 0.252 e.